The molecule has 0 amide bonds. The Hall–Kier alpha value is -3.16. The lowest BCUT2D eigenvalue weighted by atomic mass is 10.0. The second-order valence-corrected chi connectivity index (χ2v) is 5.10. The zero-order chi connectivity index (χ0) is 18.6. The van der Waals surface area contributed by atoms with E-state index in [0.717, 1.165) is 12.1 Å². The van der Waals surface area contributed by atoms with Gasteiger partial charge in [-0.15, -0.1) is 13.2 Å². The fourth-order valence-electron chi connectivity index (χ4n) is 2.28. The second kappa shape index (κ2) is 7.16. The molecule has 0 aliphatic heterocycles. The fourth-order valence-corrected chi connectivity index (χ4v) is 2.28. The molecule has 0 aliphatic rings. The van der Waals surface area contributed by atoms with Gasteiger partial charge >= 0.3 is 6.36 Å². The predicted molar refractivity (Wildman–Crippen MR) is 89.0 cm³/mol. The van der Waals surface area contributed by atoms with Gasteiger partial charge in [0.1, 0.15) is 5.75 Å². The van der Waals surface area contributed by atoms with Crippen LogP contribution in [-0.4, -0.2) is 10.9 Å². The lowest BCUT2D eigenvalue weighted by Gasteiger charge is -2.13. The number of alkyl halides is 3. The van der Waals surface area contributed by atoms with Crippen molar-refractivity contribution in [1.82, 2.24) is 4.57 Å². The largest absolute Gasteiger partial charge is 0.573 e. The van der Waals surface area contributed by atoms with Crippen LogP contribution in [-0.2, 0) is 0 Å². The zero-order valence-electron chi connectivity index (χ0n) is 13.2. The smallest absolute Gasteiger partial charge is 0.406 e. The van der Waals surface area contributed by atoms with Crippen molar-refractivity contribution < 1.29 is 17.9 Å². The monoisotopic (exact) mass is 351 g/mol. The molecule has 132 valence electrons. The highest BCUT2D eigenvalue weighted by molar-refractivity contribution is 5.75. The second-order valence-electron chi connectivity index (χ2n) is 5.10. The third kappa shape index (κ3) is 4.43. The Kier molecular flexibility index (Phi) is 5.21. The lowest BCUT2D eigenvalue weighted by molar-refractivity contribution is -0.274. The van der Waals surface area contributed by atoms with Gasteiger partial charge in [0, 0.05) is 35.3 Å². The van der Waals surface area contributed by atoms with Gasteiger partial charge in [0.15, 0.2) is 0 Å². The highest BCUT2D eigenvalue weighted by Gasteiger charge is 2.30. The molecule has 1 aromatic carbocycles. The number of hydrogen-bond donors (Lipinski definition) is 2. The van der Waals surface area contributed by atoms with E-state index in [4.69, 9.17) is 11.5 Å². The first-order valence-corrected chi connectivity index (χ1v) is 7.15. The average molecular weight is 351 g/mol. The Morgan fingerprint density at radius 3 is 2.36 bits per heavy atom. The molecule has 4 N–H and O–H groups in total. The molecule has 5 nitrogen and oxygen atoms in total. The van der Waals surface area contributed by atoms with Crippen LogP contribution in [0.3, 0.4) is 0 Å². The molecule has 0 saturated carbocycles. The summed E-state index contributed by atoms with van der Waals surface area (Å²) in [5.74, 6) is -0.370. The summed E-state index contributed by atoms with van der Waals surface area (Å²) in [4.78, 5) is 12.2. The molecule has 0 atom stereocenters. The molecule has 1 aromatic heterocycles. The summed E-state index contributed by atoms with van der Waals surface area (Å²) < 4.78 is 41.8. The van der Waals surface area contributed by atoms with Crippen molar-refractivity contribution in [1.29, 1.82) is 0 Å². The molecule has 8 heteroatoms. The van der Waals surface area contributed by atoms with Crippen molar-refractivity contribution in [3.05, 3.63) is 76.5 Å². The standard InChI is InChI=1S/C17H16F3N3O2/c1-11-8-16(24)23(10-15(11)12(9-22)6-7-21)13-2-4-14(5-3-13)25-17(18,19)20/h2-10H,21-22H2,1H3/b7-6-,12-9+. The van der Waals surface area contributed by atoms with Crippen molar-refractivity contribution in [3.8, 4) is 11.4 Å². The van der Waals surface area contributed by atoms with E-state index >= 15 is 0 Å². The van der Waals surface area contributed by atoms with Crippen molar-refractivity contribution in [2.75, 3.05) is 0 Å². The van der Waals surface area contributed by atoms with Crippen LogP contribution in [0.4, 0.5) is 13.2 Å². The number of hydrogen-bond acceptors (Lipinski definition) is 4. The minimum Gasteiger partial charge on any atom is -0.406 e. The summed E-state index contributed by atoms with van der Waals surface area (Å²) >= 11 is 0. The number of aryl methyl sites for hydroxylation is 1. The summed E-state index contributed by atoms with van der Waals surface area (Å²) in [6.07, 6.45) is 1.02. The van der Waals surface area contributed by atoms with Crippen LogP contribution in [0.25, 0.3) is 11.3 Å². The van der Waals surface area contributed by atoms with E-state index in [9.17, 15) is 18.0 Å². The topological polar surface area (TPSA) is 83.3 Å². The maximum absolute atomic E-state index is 12.2. The van der Waals surface area contributed by atoms with Gasteiger partial charge in [-0.05, 0) is 49.0 Å². The molecule has 0 saturated heterocycles. The molecule has 0 fully saturated rings. The summed E-state index contributed by atoms with van der Waals surface area (Å²) in [5.41, 5.74) is 13.0. The third-order valence-electron chi connectivity index (χ3n) is 3.38. The molecule has 0 spiro atoms. The highest BCUT2D eigenvalue weighted by atomic mass is 19.4. The minimum absolute atomic E-state index is 0.334. The van der Waals surface area contributed by atoms with Crippen molar-refractivity contribution >= 4 is 5.57 Å². The van der Waals surface area contributed by atoms with E-state index < -0.39 is 6.36 Å². The number of aromatic nitrogens is 1. The van der Waals surface area contributed by atoms with Crippen LogP contribution in [0.5, 0.6) is 5.75 Å². The quantitative estimate of drug-likeness (QED) is 0.830. The van der Waals surface area contributed by atoms with Gasteiger partial charge < -0.3 is 16.2 Å². The first-order chi connectivity index (χ1) is 11.7. The van der Waals surface area contributed by atoms with Crippen LogP contribution in [0.1, 0.15) is 11.1 Å². The van der Waals surface area contributed by atoms with Crippen molar-refractivity contribution in [3.63, 3.8) is 0 Å². The van der Waals surface area contributed by atoms with Gasteiger partial charge in [-0.2, -0.15) is 0 Å². The van der Waals surface area contributed by atoms with E-state index in [1.165, 1.54) is 35.2 Å². The number of halogens is 3. The number of rotatable bonds is 4. The Morgan fingerprint density at radius 1 is 1.20 bits per heavy atom. The average Bonchev–Trinajstić information content (AvgIpc) is 2.53. The van der Waals surface area contributed by atoms with Crippen molar-refractivity contribution in [2.24, 2.45) is 11.5 Å². The van der Waals surface area contributed by atoms with Crippen LogP contribution >= 0.6 is 0 Å². The van der Waals surface area contributed by atoms with E-state index in [2.05, 4.69) is 4.74 Å². The van der Waals surface area contributed by atoms with Gasteiger partial charge in [-0.1, -0.05) is 0 Å². The van der Waals surface area contributed by atoms with Crippen LogP contribution in [0.2, 0.25) is 0 Å². The van der Waals surface area contributed by atoms with Gasteiger partial charge in [-0.25, -0.2) is 0 Å². The molecule has 0 aliphatic carbocycles. The number of nitrogens with two attached hydrogens (primary N) is 2. The first kappa shape index (κ1) is 18.2. The molecular weight excluding hydrogens is 335 g/mol. The molecule has 0 bridgehead atoms. The van der Waals surface area contributed by atoms with Gasteiger partial charge in [0.25, 0.3) is 5.56 Å². The summed E-state index contributed by atoms with van der Waals surface area (Å²) in [6.45, 7) is 1.75. The predicted octanol–water partition coefficient (Wildman–Crippen LogP) is 2.82. The fraction of sp³-hybridized carbons (Fsp3) is 0.118. The first-order valence-electron chi connectivity index (χ1n) is 7.15. The Labute approximate surface area is 141 Å². The number of pyridine rings is 1. The molecule has 2 rings (SSSR count). The summed E-state index contributed by atoms with van der Waals surface area (Å²) in [6, 6.07) is 6.38. The minimum atomic E-state index is -4.77. The van der Waals surface area contributed by atoms with E-state index in [-0.39, 0.29) is 11.3 Å². The van der Waals surface area contributed by atoms with Crippen molar-refractivity contribution in [2.45, 2.75) is 13.3 Å². The van der Waals surface area contributed by atoms with Crippen LogP contribution in [0.15, 0.2) is 59.8 Å². The number of nitrogens with zero attached hydrogens (tertiary/aromatic N) is 1. The zero-order valence-corrected chi connectivity index (χ0v) is 13.2. The Balaban J connectivity index is 2.47. The van der Waals surface area contributed by atoms with E-state index in [0.29, 0.717) is 22.4 Å². The van der Waals surface area contributed by atoms with Crippen LogP contribution < -0.4 is 21.8 Å². The number of allylic oxidation sites excluding steroid dienone is 2. The maximum Gasteiger partial charge on any atom is 0.573 e. The summed E-state index contributed by atoms with van der Waals surface area (Å²) in [7, 11) is 0. The lowest BCUT2D eigenvalue weighted by Crippen LogP contribution is -2.19. The molecular formula is C17H16F3N3O2. The normalized spacial score (nSPS) is 12.6. The molecule has 0 radical (unpaired) electrons. The summed E-state index contributed by atoms with van der Waals surface area (Å²) in [5, 5.41) is 0. The molecule has 25 heavy (non-hydrogen) atoms. The number of benzene rings is 1. The molecule has 0 unspecified atom stereocenters. The maximum atomic E-state index is 12.2. The van der Waals surface area contributed by atoms with E-state index in [1.54, 1.807) is 19.2 Å². The van der Waals surface area contributed by atoms with Gasteiger partial charge in [0.05, 0.1) is 0 Å². The Bertz CT molecular complexity index is 866. The SMILES string of the molecule is Cc1cc(=O)n(-c2ccc(OC(F)(F)F)cc2)cc1C(/C=C\N)=C/N. The van der Waals surface area contributed by atoms with E-state index in [1.807, 2.05) is 0 Å². The van der Waals surface area contributed by atoms with Crippen LogP contribution in [0, 0.1) is 6.92 Å². The highest BCUT2D eigenvalue weighted by Crippen LogP contribution is 2.24. The van der Waals surface area contributed by atoms with Gasteiger partial charge in [-0.3, -0.25) is 9.36 Å². The Morgan fingerprint density at radius 2 is 1.84 bits per heavy atom. The third-order valence-corrected chi connectivity index (χ3v) is 3.38. The number of ether oxygens (including phenoxy) is 1. The van der Waals surface area contributed by atoms with Gasteiger partial charge in [0.2, 0.25) is 0 Å². The molecule has 2 aromatic rings. The molecule has 1 heterocycles.